The second-order valence-electron chi connectivity index (χ2n) is 4.02. The Balaban J connectivity index is 2.60. The lowest BCUT2D eigenvalue weighted by atomic mass is 9.88. The van der Waals surface area contributed by atoms with Crippen molar-refractivity contribution in [3.05, 3.63) is 11.6 Å². The van der Waals surface area contributed by atoms with E-state index in [1.165, 1.54) is 6.42 Å². The van der Waals surface area contributed by atoms with Crippen molar-refractivity contribution < 1.29 is 0 Å². The summed E-state index contributed by atoms with van der Waals surface area (Å²) in [6, 6.07) is 0. The highest BCUT2D eigenvalue weighted by Crippen LogP contribution is 2.34. The summed E-state index contributed by atoms with van der Waals surface area (Å²) < 4.78 is 0. The first-order chi connectivity index (χ1) is 4.61. The minimum Gasteiger partial charge on any atom is -0.0819 e. The molecule has 0 saturated heterocycles. The molecule has 0 aromatic heterocycles. The Kier molecular flexibility index (Phi) is 2.18. The van der Waals surface area contributed by atoms with Gasteiger partial charge in [0.1, 0.15) is 0 Å². The quantitative estimate of drug-likeness (QED) is 0.488. The molecule has 58 valence electrons. The van der Waals surface area contributed by atoms with Crippen molar-refractivity contribution in [1.29, 1.82) is 0 Å². The van der Waals surface area contributed by atoms with Gasteiger partial charge in [-0.3, -0.25) is 0 Å². The van der Waals surface area contributed by atoms with E-state index in [1.54, 1.807) is 5.57 Å². The van der Waals surface area contributed by atoms with Crippen LogP contribution in [0.15, 0.2) is 11.6 Å². The van der Waals surface area contributed by atoms with Gasteiger partial charge in [-0.1, -0.05) is 32.4 Å². The maximum atomic E-state index is 2.45. The van der Waals surface area contributed by atoms with Gasteiger partial charge < -0.3 is 0 Å². The third-order valence-electron chi connectivity index (χ3n) is 2.55. The molecule has 0 amide bonds. The maximum absolute atomic E-state index is 2.45. The van der Waals surface area contributed by atoms with Crippen LogP contribution in [0.25, 0.3) is 0 Å². The average molecular weight is 138 g/mol. The summed E-state index contributed by atoms with van der Waals surface area (Å²) in [7, 11) is 0. The van der Waals surface area contributed by atoms with Crippen molar-refractivity contribution in [2.45, 2.75) is 34.1 Å². The molecule has 0 aromatic rings. The number of rotatable bonds is 1. The van der Waals surface area contributed by atoms with Gasteiger partial charge in [0.2, 0.25) is 0 Å². The molecule has 0 saturated carbocycles. The molecule has 0 N–H and O–H groups in total. The van der Waals surface area contributed by atoms with Crippen molar-refractivity contribution in [1.82, 2.24) is 0 Å². The van der Waals surface area contributed by atoms with Gasteiger partial charge in [-0.05, 0) is 31.1 Å². The van der Waals surface area contributed by atoms with Crippen LogP contribution in [-0.2, 0) is 0 Å². The summed E-state index contributed by atoms with van der Waals surface area (Å²) >= 11 is 0. The molecular formula is C10H18. The molecule has 2 atom stereocenters. The SMILES string of the molecule is CC1=CC(C(C)C)C(C)C1. The third kappa shape index (κ3) is 1.42. The molecule has 1 aliphatic rings. The third-order valence-corrected chi connectivity index (χ3v) is 2.55. The summed E-state index contributed by atoms with van der Waals surface area (Å²) in [5, 5.41) is 0. The van der Waals surface area contributed by atoms with E-state index in [9.17, 15) is 0 Å². The molecule has 0 aromatic carbocycles. The molecule has 10 heavy (non-hydrogen) atoms. The Labute approximate surface area is 64.3 Å². The molecule has 0 fully saturated rings. The fourth-order valence-corrected chi connectivity index (χ4v) is 2.05. The van der Waals surface area contributed by atoms with Crippen LogP contribution in [0.4, 0.5) is 0 Å². The number of hydrogen-bond donors (Lipinski definition) is 0. The van der Waals surface area contributed by atoms with Crippen LogP contribution in [0.5, 0.6) is 0 Å². The molecule has 2 unspecified atom stereocenters. The summed E-state index contributed by atoms with van der Waals surface area (Å²) in [4.78, 5) is 0. The van der Waals surface area contributed by atoms with Gasteiger partial charge in [0.05, 0.1) is 0 Å². The lowest BCUT2D eigenvalue weighted by molar-refractivity contribution is 0.356. The average Bonchev–Trinajstić information content (AvgIpc) is 2.10. The fraction of sp³-hybridized carbons (Fsp3) is 0.800. The zero-order chi connectivity index (χ0) is 7.72. The van der Waals surface area contributed by atoms with Crippen LogP contribution < -0.4 is 0 Å². The Morgan fingerprint density at radius 2 is 2.10 bits per heavy atom. The molecule has 1 aliphatic carbocycles. The fourth-order valence-electron chi connectivity index (χ4n) is 2.05. The molecule has 0 heterocycles. The standard InChI is InChI=1S/C10H18/c1-7(2)10-6-8(3)5-9(10)4/h6-7,9-10H,5H2,1-4H3. The predicted octanol–water partition coefficient (Wildman–Crippen LogP) is 3.24. The molecule has 0 aliphatic heterocycles. The van der Waals surface area contributed by atoms with Gasteiger partial charge >= 0.3 is 0 Å². The van der Waals surface area contributed by atoms with Crippen LogP contribution in [-0.4, -0.2) is 0 Å². The Hall–Kier alpha value is -0.260. The summed E-state index contributed by atoms with van der Waals surface area (Å²) in [5.41, 5.74) is 1.59. The maximum Gasteiger partial charge on any atom is -0.0179 e. The normalized spacial score (nSPS) is 33.1. The number of allylic oxidation sites excluding steroid dienone is 2. The first kappa shape index (κ1) is 7.84. The number of hydrogen-bond acceptors (Lipinski definition) is 0. The van der Waals surface area contributed by atoms with Gasteiger partial charge in [0, 0.05) is 0 Å². The molecule has 1 rings (SSSR count). The van der Waals surface area contributed by atoms with Gasteiger partial charge in [0.15, 0.2) is 0 Å². The highest BCUT2D eigenvalue weighted by atomic mass is 14.3. The molecule has 0 heteroatoms. The second-order valence-corrected chi connectivity index (χ2v) is 4.02. The predicted molar refractivity (Wildman–Crippen MR) is 45.9 cm³/mol. The van der Waals surface area contributed by atoms with Gasteiger partial charge in [-0.25, -0.2) is 0 Å². The van der Waals surface area contributed by atoms with Crippen molar-refractivity contribution in [2.75, 3.05) is 0 Å². The van der Waals surface area contributed by atoms with Crippen molar-refractivity contribution in [3.8, 4) is 0 Å². The van der Waals surface area contributed by atoms with Gasteiger partial charge in [-0.2, -0.15) is 0 Å². The lowest BCUT2D eigenvalue weighted by Gasteiger charge is -2.17. The summed E-state index contributed by atoms with van der Waals surface area (Å²) in [5.74, 6) is 2.56. The second kappa shape index (κ2) is 2.77. The smallest absolute Gasteiger partial charge is 0.0179 e. The minimum atomic E-state index is 0.826. The Morgan fingerprint density at radius 1 is 1.50 bits per heavy atom. The minimum absolute atomic E-state index is 0.826. The zero-order valence-corrected chi connectivity index (χ0v) is 7.52. The van der Waals surface area contributed by atoms with Crippen molar-refractivity contribution in [2.24, 2.45) is 17.8 Å². The van der Waals surface area contributed by atoms with E-state index in [1.807, 2.05) is 0 Å². The molecule has 0 bridgehead atoms. The van der Waals surface area contributed by atoms with Gasteiger partial charge in [-0.15, -0.1) is 0 Å². The summed E-state index contributed by atoms with van der Waals surface area (Å²) in [6.45, 7) is 9.24. The molecule has 0 radical (unpaired) electrons. The van der Waals surface area contributed by atoms with E-state index < -0.39 is 0 Å². The van der Waals surface area contributed by atoms with E-state index >= 15 is 0 Å². The largest absolute Gasteiger partial charge is 0.0819 e. The van der Waals surface area contributed by atoms with E-state index in [-0.39, 0.29) is 0 Å². The Bertz CT molecular complexity index is 142. The van der Waals surface area contributed by atoms with Crippen LogP contribution in [0.3, 0.4) is 0 Å². The van der Waals surface area contributed by atoms with Crippen molar-refractivity contribution >= 4 is 0 Å². The first-order valence-corrected chi connectivity index (χ1v) is 4.28. The zero-order valence-electron chi connectivity index (χ0n) is 7.52. The lowest BCUT2D eigenvalue weighted by Crippen LogP contribution is -2.10. The highest BCUT2D eigenvalue weighted by molar-refractivity contribution is 5.11. The molecule has 0 nitrogen and oxygen atoms in total. The highest BCUT2D eigenvalue weighted by Gasteiger charge is 2.23. The van der Waals surface area contributed by atoms with Crippen LogP contribution in [0.1, 0.15) is 34.1 Å². The van der Waals surface area contributed by atoms with Crippen LogP contribution in [0, 0.1) is 17.8 Å². The van der Waals surface area contributed by atoms with E-state index in [0.29, 0.717) is 0 Å². The van der Waals surface area contributed by atoms with Gasteiger partial charge in [0.25, 0.3) is 0 Å². The van der Waals surface area contributed by atoms with E-state index in [0.717, 1.165) is 17.8 Å². The van der Waals surface area contributed by atoms with E-state index in [4.69, 9.17) is 0 Å². The molecular weight excluding hydrogens is 120 g/mol. The Morgan fingerprint density at radius 3 is 2.30 bits per heavy atom. The first-order valence-electron chi connectivity index (χ1n) is 4.28. The van der Waals surface area contributed by atoms with Crippen molar-refractivity contribution in [3.63, 3.8) is 0 Å². The summed E-state index contributed by atoms with van der Waals surface area (Å²) in [6.07, 6.45) is 3.78. The molecule has 0 spiro atoms. The monoisotopic (exact) mass is 138 g/mol. The topological polar surface area (TPSA) is 0 Å². The van der Waals surface area contributed by atoms with E-state index in [2.05, 4.69) is 33.8 Å². The van der Waals surface area contributed by atoms with Crippen LogP contribution in [0.2, 0.25) is 0 Å². The van der Waals surface area contributed by atoms with Crippen LogP contribution >= 0.6 is 0 Å².